The minimum Gasteiger partial charge on any atom is -0.508 e. The zero-order valence-corrected chi connectivity index (χ0v) is 8.87. The van der Waals surface area contributed by atoms with Crippen molar-refractivity contribution in [3.63, 3.8) is 0 Å². The van der Waals surface area contributed by atoms with Gasteiger partial charge in [0.2, 0.25) is 0 Å². The summed E-state index contributed by atoms with van der Waals surface area (Å²) in [5.74, 6) is -0.113. The van der Waals surface area contributed by atoms with Gasteiger partial charge in [0.25, 0.3) is 0 Å². The highest BCUT2D eigenvalue weighted by Gasteiger charge is 2.07. The molecule has 4 heteroatoms. The Labute approximate surface area is 98.0 Å². The van der Waals surface area contributed by atoms with E-state index in [2.05, 4.69) is 4.89 Å². The van der Waals surface area contributed by atoms with Crippen molar-refractivity contribution in [1.29, 1.82) is 0 Å². The van der Waals surface area contributed by atoms with E-state index in [1.807, 2.05) is 0 Å². The van der Waals surface area contributed by atoms with Crippen molar-refractivity contribution >= 4 is 5.97 Å². The molecule has 0 fully saturated rings. The Bertz CT molecular complexity index is 491. The van der Waals surface area contributed by atoms with Gasteiger partial charge in [0.1, 0.15) is 5.75 Å². The molecule has 0 saturated heterocycles. The molecule has 0 atom stereocenters. The molecule has 1 N–H and O–H groups in total. The van der Waals surface area contributed by atoms with Gasteiger partial charge in [0.05, 0.1) is 5.56 Å². The summed E-state index contributed by atoms with van der Waals surface area (Å²) in [7, 11) is 0. The summed E-state index contributed by atoms with van der Waals surface area (Å²) in [6, 6.07) is 14.4. The van der Waals surface area contributed by atoms with Gasteiger partial charge in [-0.15, -0.1) is 0 Å². The van der Waals surface area contributed by atoms with Crippen molar-refractivity contribution in [2.24, 2.45) is 0 Å². The van der Waals surface area contributed by atoms with Crippen LogP contribution in [0.4, 0.5) is 0 Å². The van der Waals surface area contributed by atoms with Crippen molar-refractivity contribution in [2.75, 3.05) is 0 Å². The summed E-state index contributed by atoms with van der Waals surface area (Å²) >= 11 is 0. The van der Waals surface area contributed by atoms with Crippen LogP contribution in [0.3, 0.4) is 0 Å². The summed E-state index contributed by atoms with van der Waals surface area (Å²) in [6.07, 6.45) is 0. The third kappa shape index (κ3) is 2.98. The van der Waals surface area contributed by atoms with E-state index in [0.29, 0.717) is 11.3 Å². The minimum absolute atomic E-state index is 0.117. The van der Waals surface area contributed by atoms with Crippen LogP contribution in [-0.2, 0) is 4.89 Å². The predicted octanol–water partition coefficient (Wildman–Crippen LogP) is 2.54. The van der Waals surface area contributed by atoms with E-state index in [1.54, 1.807) is 30.3 Å². The molecule has 2 aromatic carbocycles. The van der Waals surface area contributed by atoms with Crippen molar-refractivity contribution in [1.82, 2.24) is 0 Å². The molecule has 0 aromatic heterocycles. The average molecular weight is 230 g/mol. The van der Waals surface area contributed by atoms with Gasteiger partial charge in [-0.2, -0.15) is 0 Å². The highest BCUT2D eigenvalue weighted by molar-refractivity contribution is 5.88. The van der Waals surface area contributed by atoms with Crippen LogP contribution in [0.5, 0.6) is 11.5 Å². The Morgan fingerprint density at radius 3 is 2.24 bits per heavy atom. The van der Waals surface area contributed by atoms with Gasteiger partial charge in [-0.3, -0.25) is 4.89 Å². The third-order valence-electron chi connectivity index (χ3n) is 2.06. The lowest BCUT2D eigenvalue weighted by atomic mass is 10.2. The number of carbonyl (C=O) groups excluding carboxylic acids is 1. The summed E-state index contributed by atoms with van der Waals surface area (Å²) < 4.78 is 0. The van der Waals surface area contributed by atoms with Crippen LogP contribution < -0.4 is 4.89 Å². The second kappa shape index (κ2) is 5.03. The molecule has 0 saturated carbocycles. The SMILES string of the molecule is O=C(OOc1ccc(O)cc1)c1ccccc1. The molecule has 0 amide bonds. The Morgan fingerprint density at radius 2 is 1.59 bits per heavy atom. The molecule has 0 aliphatic carbocycles. The number of rotatable bonds is 3. The van der Waals surface area contributed by atoms with E-state index in [4.69, 9.17) is 9.99 Å². The van der Waals surface area contributed by atoms with Gasteiger partial charge in [-0.25, -0.2) is 9.68 Å². The van der Waals surface area contributed by atoms with Crippen LogP contribution in [0.15, 0.2) is 54.6 Å². The van der Waals surface area contributed by atoms with Crippen LogP contribution in [0.2, 0.25) is 0 Å². The number of benzene rings is 2. The molecule has 4 nitrogen and oxygen atoms in total. The fourth-order valence-electron chi connectivity index (χ4n) is 1.21. The molecule has 0 aliphatic rings. The van der Waals surface area contributed by atoms with E-state index < -0.39 is 5.97 Å². The number of hydrogen-bond acceptors (Lipinski definition) is 4. The number of hydrogen-bond donors (Lipinski definition) is 1. The van der Waals surface area contributed by atoms with E-state index >= 15 is 0 Å². The maximum absolute atomic E-state index is 11.5. The lowest BCUT2D eigenvalue weighted by Gasteiger charge is -2.04. The second-order valence-electron chi connectivity index (χ2n) is 3.31. The summed E-state index contributed by atoms with van der Waals surface area (Å²) in [5, 5.41) is 9.05. The number of aromatic hydroxyl groups is 1. The quantitative estimate of drug-likeness (QED) is 0.650. The topological polar surface area (TPSA) is 55.8 Å². The normalized spacial score (nSPS) is 9.65. The molecule has 0 unspecified atom stereocenters. The van der Waals surface area contributed by atoms with Gasteiger partial charge in [0, 0.05) is 0 Å². The van der Waals surface area contributed by atoms with E-state index in [0.717, 1.165) is 0 Å². The fraction of sp³-hybridized carbons (Fsp3) is 0. The van der Waals surface area contributed by atoms with Crippen molar-refractivity contribution in [3.8, 4) is 11.5 Å². The number of phenolic OH excluding ortho intramolecular Hbond substituents is 1. The Balaban J connectivity index is 1.95. The lowest BCUT2D eigenvalue weighted by Crippen LogP contribution is -2.07. The average Bonchev–Trinajstić information content (AvgIpc) is 2.39. The van der Waals surface area contributed by atoms with Gasteiger partial charge in [-0.05, 0) is 36.4 Å². The first-order chi connectivity index (χ1) is 8.25. The van der Waals surface area contributed by atoms with Crippen molar-refractivity contribution in [3.05, 3.63) is 60.2 Å². The zero-order valence-electron chi connectivity index (χ0n) is 8.87. The van der Waals surface area contributed by atoms with Crippen molar-refractivity contribution < 1.29 is 19.7 Å². The first-order valence-electron chi connectivity index (χ1n) is 4.98. The summed E-state index contributed by atoms with van der Waals surface area (Å²) in [4.78, 5) is 20.9. The second-order valence-corrected chi connectivity index (χ2v) is 3.31. The van der Waals surface area contributed by atoms with Crippen LogP contribution >= 0.6 is 0 Å². The van der Waals surface area contributed by atoms with Crippen molar-refractivity contribution in [2.45, 2.75) is 0 Å². The molecule has 17 heavy (non-hydrogen) atoms. The van der Waals surface area contributed by atoms with Crippen LogP contribution in [0.25, 0.3) is 0 Å². The third-order valence-corrected chi connectivity index (χ3v) is 2.06. The maximum atomic E-state index is 11.5. The Hall–Kier alpha value is -2.49. The minimum atomic E-state index is -0.571. The van der Waals surface area contributed by atoms with E-state index in [-0.39, 0.29) is 5.75 Å². The van der Waals surface area contributed by atoms with Gasteiger partial charge < -0.3 is 5.11 Å². The standard InChI is InChI=1S/C13H10O4/c14-11-6-8-12(9-7-11)16-17-13(15)10-4-2-1-3-5-10/h1-9,14H. The maximum Gasteiger partial charge on any atom is 0.386 e. The molecule has 86 valence electrons. The van der Waals surface area contributed by atoms with Gasteiger partial charge in [0.15, 0.2) is 5.75 Å². The summed E-state index contributed by atoms with van der Waals surface area (Å²) in [5.41, 5.74) is 0.409. The Morgan fingerprint density at radius 1 is 0.941 bits per heavy atom. The molecule has 2 rings (SSSR count). The number of phenols is 1. The monoisotopic (exact) mass is 230 g/mol. The fourth-order valence-corrected chi connectivity index (χ4v) is 1.21. The number of carbonyl (C=O) groups is 1. The van der Waals surface area contributed by atoms with E-state index in [9.17, 15) is 4.79 Å². The highest BCUT2D eigenvalue weighted by Crippen LogP contribution is 2.16. The summed E-state index contributed by atoms with van der Waals surface area (Å²) in [6.45, 7) is 0. The first kappa shape index (κ1) is 11.0. The smallest absolute Gasteiger partial charge is 0.386 e. The molecule has 0 heterocycles. The van der Waals surface area contributed by atoms with E-state index in [1.165, 1.54) is 24.3 Å². The molecule has 0 bridgehead atoms. The predicted molar refractivity (Wildman–Crippen MR) is 60.6 cm³/mol. The van der Waals surface area contributed by atoms with Crippen LogP contribution in [0.1, 0.15) is 10.4 Å². The van der Waals surface area contributed by atoms with Crippen LogP contribution in [-0.4, -0.2) is 11.1 Å². The largest absolute Gasteiger partial charge is 0.508 e. The molecular weight excluding hydrogens is 220 g/mol. The van der Waals surface area contributed by atoms with Crippen LogP contribution in [0, 0.1) is 0 Å². The van der Waals surface area contributed by atoms with Gasteiger partial charge >= 0.3 is 5.97 Å². The molecule has 0 spiro atoms. The highest BCUT2D eigenvalue weighted by atomic mass is 17.2. The van der Waals surface area contributed by atoms with Gasteiger partial charge in [-0.1, -0.05) is 18.2 Å². The lowest BCUT2D eigenvalue weighted by molar-refractivity contribution is -0.149. The Kier molecular flexibility index (Phi) is 3.25. The zero-order chi connectivity index (χ0) is 12.1. The molecular formula is C13H10O4. The molecule has 0 aliphatic heterocycles. The molecule has 2 aromatic rings. The first-order valence-corrected chi connectivity index (χ1v) is 4.98. The molecule has 0 radical (unpaired) electrons.